The van der Waals surface area contributed by atoms with Crippen LogP contribution in [0.4, 0.5) is 13.2 Å². The zero-order chi connectivity index (χ0) is 22.9. The largest absolute Gasteiger partial charge is 0.490 e. The first-order chi connectivity index (χ1) is 15.2. The first-order valence-electron chi connectivity index (χ1n) is 10.4. The number of rotatable bonds is 3. The zero-order valence-electron chi connectivity index (χ0n) is 17.5. The topological polar surface area (TPSA) is 78.5 Å². The van der Waals surface area contributed by atoms with Gasteiger partial charge in [-0.2, -0.15) is 18.3 Å². The van der Waals surface area contributed by atoms with Gasteiger partial charge in [-0.15, -0.1) is 0 Å². The van der Waals surface area contributed by atoms with Gasteiger partial charge in [-0.25, -0.2) is 4.79 Å². The van der Waals surface area contributed by atoms with E-state index in [1.807, 2.05) is 0 Å². The molecule has 1 unspecified atom stereocenters. The highest BCUT2D eigenvalue weighted by molar-refractivity contribution is 5.86. The standard InChI is InChI=1S/C21H23N3O.C2HF3O2/c1-14-19-12-17(4-7-20(19)23-22-14)15-2-5-18(6-3-15)25-21-13-24-10-8-16(21)9-11-24;3-2(4,5)1(6)7/h2-7,12,16,21H,8-11,13H2,1H3,(H,22,23);(H,6,7). The minimum absolute atomic E-state index is 0.360. The van der Waals surface area contributed by atoms with Gasteiger partial charge in [-0.3, -0.25) is 10.00 Å². The van der Waals surface area contributed by atoms with Crippen LogP contribution in [0.5, 0.6) is 5.75 Å². The van der Waals surface area contributed by atoms with Crippen LogP contribution in [0, 0.1) is 12.8 Å². The van der Waals surface area contributed by atoms with Crippen molar-refractivity contribution in [3.05, 3.63) is 48.2 Å². The number of piperidine rings is 3. The fourth-order valence-electron chi connectivity index (χ4n) is 4.26. The highest BCUT2D eigenvalue weighted by Crippen LogP contribution is 2.32. The SMILES string of the molecule is Cc1[nH]nc2ccc(-c3ccc(OC4CN5CCC4CC5)cc3)cc12.O=C(O)C(F)(F)F. The van der Waals surface area contributed by atoms with Crippen LogP contribution in [0.15, 0.2) is 42.5 Å². The lowest BCUT2D eigenvalue weighted by molar-refractivity contribution is -0.192. The van der Waals surface area contributed by atoms with Gasteiger partial charge in [-0.05, 0) is 74.2 Å². The third-order valence-corrected chi connectivity index (χ3v) is 6.06. The van der Waals surface area contributed by atoms with E-state index in [1.165, 1.54) is 42.4 Å². The minimum atomic E-state index is -5.08. The number of aromatic nitrogens is 2. The summed E-state index contributed by atoms with van der Waals surface area (Å²) in [5.74, 6) is -1.04. The average Bonchev–Trinajstić information content (AvgIpc) is 3.15. The highest BCUT2D eigenvalue weighted by atomic mass is 19.4. The molecule has 0 aliphatic carbocycles. The third kappa shape index (κ3) is 4.88. The molecule has 4 heterocycles. The number of carboxylic acid groups (broad SMARTS) is 1. The second-order valence-electron chi connectivity index (χ2n) is 8.20. The number of ether oxygens (including phenoxy) is 1. The van der Waals surface area contributed by atoms with Crippen molar-refractivity contribution in [1.29, 1.82) is 0 Å². The Morgan fingerprint density at radius 1 is 1.12 bits per heavy atom. The zero-order valence-corrected chi connectivity index (χ0v) is 17.5. The molecule has 2 bridgehead atoms. The van der Waals surface area contributed by atoms with Crippen LogP contribution in [0.25, 0.3) is 22.0 Å². The van der Waals surface area contributed by atoms with Gasteiger partial charge >= 0.3 is 12.1 Å². The molecule has 6 rings (SSSR count). The maximum atomic E-state index is 10.6. The van der Waals surface area contributed by atoms with E-state index < -0.39 is 12.1 Å². The Labute approximate surface area is 183 Å². The Balaban J connectivity index is 0.000000307. The van der Waals surface area contributed by atoms with E-state index in [0.29, 0.717) is 6.10 Å². The van der Waals surface area contributed by atoms with Gasteiger partial charge in [0.1, 0.15) is 11.9 Å². The summed E-state index contributed by atoms with van der Waals surface area (Å²) in [5, 5.41) is 15.7. The lowest BCUT2D eigenvalue weighted by Crippen LogP contribution is -2.52. The van der Waals surface area contributed by atoms with E-state index in [0.717, 1.165) is 29.4 Å². The van der Waals surface area contributed by atoms with E-state index in [4.69, 9.17) is 14.6 Å². The molecule has 1 aromatic heterocycles. The number of nitrogens with zero attached hydrogens (tertiary/aromatic N) is 2. The van der Waals surface area contributed by atoms with Crippen LogP contribution in [0.3, 0.4) is 0 Å². The molecule has 2 N–H and O–H groups in total. The monoisotopic (exact) mass is 447 g/mol. The Morgan fingerprint density at radius 3 is 2.31 bits per heavy atom. The predicted molar refractivity (Wildman–Crippen MR) is 114 cm³/mol. The summed E-state index contributed by atoms with van der Waals surface area (Å²) in [6.07, 6.45) is -2.15. The summed E-state index contributed by atoms with van der Waals surface area (Å²) in [5.41, 5.74) is 4.55. The highest BCUT2D eigenvalue weighted by Gasteiger charge is 2.38. The molecular formula is C23H24F3N3O3. The second-order valence-corrected chi connectivity index (χ2v) is 8.20. The van der Waals surface area contributed by atoms with Gasteiger partial charge in [0.15, 0.2) is 0 Å². The number of aryl methyl sites for hydroxylation is 1. The quantitative estimate of drug-likeness (QED) is 0.611. The average molecular weight is 447 g/mol. The molecule has 3 aromatic rings. The van der Waals surface area contributed by atoms with E-state index in [-0.39, 0.29) is 0 Å². The van der Waals surface area contributed by atoms with Crippen LogP contribution in [0.2, 0.25) is 0 Å². The summed E-state index contributed by atoms with van der Waals surface area (Å²) in [4.78, 5) is 11.4. The third-order valence-electron chi connectivity index (χ3n) is 6.06. The second kappa shape index (κ2) is 8.82. The van der Waals surface area contributed by atoms with Crippen LogP contribution < -0.4 is 4.74 Å². The first-order valence-corrected chi connectivity index (χ1v) is 10.4. The number of halogens is 3. The normalized spacial score (nSPS) is 22.3. The number of benzene rings is 2. The number of carboxylic acids is 1. The fraction of sp³-hybridized carbons (Fsp3) is 0.391. The molecule has 6 nitrogen and oxygen atoms in total. The molecule has 1 atom stereocenters. The first kappa shape index (κ1) is 22.1. The lowest BCUT2D eigenvalue weighted by atomic mass is 9.86. The molecule has 3 saturated heterocycles. The molecular weight excluding hydrogens is 423 g/mol. The number of aromatic amines is 1. The number of nitrogens with one attached hydrogen (secondary N) is 1. The molecule has 170 valence electrons. The van der Waals surface area contributed by atoms with Crippen LogP contribution in [0.1, 0.15) is 18.5 Å². The molecule has 0 amide bonds. The lowest BCUT2D eigenvalue weighted by Gasteiger charge is -2.44. The summed E-state index contributed by atoms with van der Waals surface area (Å²) in [7, 11) is 0. The Morgan fingerprint density at radius 2 is 1.75 bits per heavy atom. The van der Waals surface area contributed by atoms with Gasteiger partial charge < -0.3 is 9.84 Å². The molecule has 2 aromatic carbocycles. The van der Waals surface area contributed by atoms with Crippen LogP contribution >= 0.6 is 0 Å². The number of aliphatic carboxylic acids is 1. The molecule has 32 heavy (non-hydrogen) atoms. The van der Waals surface area contributed by atoms with Gasteiger partial charge in [0, 0.05) is 17.6 Å². The van der Waals surface area contributed by atoms with E-state index in [2.05, 4.69) is 64.5 Å². The van der Waals surface area contributed by atoms with Crippen molar-refractivity contribution in [2.45, 2.75) is 32.0 Å². The smallest absolute Gasteiger partial charge is 0.489 e. The summed E-state index contributed by atoms with van der Waals surface area (Å²) in [6, 6.07) is 15.0. The maximum absolute atomic E-state index is 10.6. The molecule has 3 aliphatic rings. The van der Waals surface area contributed by atoms with Crippen molar-refractivity contribution in [1.82, 2.24) is 15.1 Å². The van der Waals surface area contributed by atoms with Crippen molar-refractivity contribution in [2.24, 2.45) is 5.92 Å². The molecule has 3 aliphatic heterocycles. The summed E-state index contributed by atoms with van der Waals surface area (Å²) < 4.78 is 38.0. The summed E-state index contributed by atoms with van der Waals surface area (Å²) >= 11 is 0. The molecule has 9 heteroatoms. The number of H-pyrrole nitrogens is 1. The Bertz CT molecular complexity index is 1090. The molecule has 3 fully saturated rings. The predicted octanol–water partition coefficient (Wildman–Crippen LogP) is 4.64. The number of fused-ring (bicyclic) bond motifs is 4. The minimum Gasteiger partial charge on any atom is -0.489 e. The van der Waals surface area contributed by atoms with Crippen molar-refractivity contribution in [3.8, 4) is 16.9 Å². The van der Waals surface area contributed by atoms with Crippen molar-refractivity contribution in [2.75, 3.05) is 19.6 Å². The fourth-order valence-corrected chi connectivity index (χ4v) is 4.26. The van der Waals surface area contributed by atoms with Crippen molar-refractivity contribution < 1.29 is 27.8 Å². The molecule has 0 radical (unpaired) electrons. The Hall–Kier alpha value is -3.07. The van der Waals surface area contributed by atoms with Gasteiger partial charge in [-0.1, -0.05) is 18.2 Å². The summed E-state index contributed by atoms with van der Waals surface area (Å²) in [6.45, 7) is 5.64. The van der Waals surface area contributed by atoms with Gasteiger partial charge in [0.25, 0.3) is 0 Å². The number of carbonyl (C=O) groups is 1. The number of hydrogen-bond acceptors (Lipinski definition) is 4. The Kier molecular flexibility index (Phi) is 6.10. The maximum Gasteiger partial charge on any atom is 0.490 e. The molecule has 0 spiro atoms. The van der Waals surface area contributed by atoms with E-state index in [1.54, 1.807) is 0 Å². The van der Waals surface area contributed by atoms with Crippen molar-refractivity contribution >= 4 is 16.9 Å². The van der Waals surface area contributed by atoms with Gasteiger partial charge in [0.2, 0.25) is 0 Å². The number of hydrogen-bond donors (Lipinski definition) is 2. The number of alkyl halides is 3. The van der Waals surface area contributed by atoms with Crippen molar-refractivity contribution in [3.63, 3.8) is 0 Å². The van der Waals surface area contributed by atoms with E-state index >= 15 is 0 Å². The van der Waals surface area contributed by atoms with Crippen LogP contribution in [-0.4, -0.2) is 58.1 Å². The molecule has 0 saturated carbocycles. The van der Waals surface area contributed by atoms with Crippen LogP contribution in [-0.2, 0) is 4.79 Å². The van der Waals surface area contributed by atoms with E-state index in [9.17, 15) is 13.2 Å². The van der Waals surface area contributed by atoms with Gasteiger partial charge in [0.05, 0.1) is 5.52 Å².